The molecule has 2 heterocycles. The van der Waals surface area contributed by atoms with Crippen LogP contribution in [0, 0.1) is 0 Å². The Labute approximate surface area is 104 Å². The molecule has 8 heteroatoms. The SMILES string of the molecule is COCCC(C)Nc1nc(NN)nc2[nH]ncc12. The van der Waals surface area contributed by atoms with E-state index in [2.05, 4.69) is 37.8 Å². The number of nitrogens with two attached hydrogens (primary N) is 1. The van der Waals surface area contributed by atoms with Crippen LogP contribution in [0.15, 0.2) is 6.20 Å². The third-order valence-electron chi connectivity index (χ3n) is 2.58. The van der Waals surface area contributed by atoms with Gasteiger partial charge in [-0.2, -0.15) is 15.1 Å². The van der Waals surface area contributed by atoms with Crippen LogP contribution in [0.2, 0.25) is 0 Å². The van der Waals surface area contributed by atoms with Crippen molar-refractivity contribution in [3.8, 4) is 0 Å². The monoisotopic (exact) mass is 251 g/mol. The van der Waals surface area contributed by atoms with E-state index < -0.39 is 0 Å². The first kappa shape index (κ1) is 12.5. The Balaban J connectivity index is 2.22. The van der Waals surface area contributed by atoms with Gasteiger partial charge in [-0.3, -0.25) is 10.5 Å². The summed E-state index contributed by atoms with van der Waals surface area (Å²) in [5.74, 6) is 6.37. The standard InChI is InChI=1S/C10H17N7O/c1-6(3-4-18-2)13-8-7-5-12-17-9(7)15-10(14-8)16-11/h5-6H,3-4,11H2,1-2H3,(H3,12,13,14,15,16,17). The molecule has 0 aliphatic heterocycles. The van der Waals surface area contributed by atoms with Crippen LogP contribution in [0.3, 0.4) is 0 Å². The number of nitrogen functional groups attached to an aromatic ring is 1. The van der Waals surface area contributed by atoms with Gasteiger partial charge in [0.1, 0.15) is 5.82 Å². The van der Waals surface area contributed by atoms with Crippen molar-refractivity contribution in [2.45, 2.75) is 19.4 Å². The Morgan fingerprint density at radius 1 is 1.50 bits per heavy atom. The lowest BCUT2D eigenvalue weighted by Gasteiger charge is -2.14. The molecule has 0 saturated heterocycles. The zero-order chi connectivity index (χ0) is 13.0. The molecule has 0 fully saturated rings. The van der Waals surface area contributed by atoms with Gasteiger partial charge in [-0.15, -0.1) is 0 Å². The largest absolute Gasteiger partial charge is 0.385 e. The molecule has 0 saturated carbocycles. The van der Waals surface area contributed by atoms with Gasteiger partial charge in [-0.1, -0.05) is 0 Å². The minimum Gasteiger partial charge on any atom is -0.385 e. The van der Waals surface area contributed by atoms with Gasteiger partial charge in [0.05, 0.1) is 11.6 Å². The molecule has 1 atom stereocenters. The van der Waals surface area contributed by atoms with Crippen molar-refractivity contribution in [3.05, 3.63) is 6.20 Å². The number of ether oxygens (including phenoxy) is 1. The first-order valence-corrected chi connectivity index (χ1v) is 5.67. The number of methoxy groups -OCH3 is 1. The first-order chi connectivity index (χ1) is 8.74. The lowest BCUT2D eigenvalue weighted by molar-refractivity contribution is 0.191. The van der Waals surface area contributed by atoms with Crippen molar-refractivity contribution in [3.63, 3.8) is 0 Å². The summed E-state index contributed by atoms with van der Waals surface area (Å²) < 4.78 is 5.04. The van der Waals surface area contributed by atoms with Gasteiger partial charge in [-0.05, 0) is 13.3 Å². The van der Waals surface area contributed by atoms with Gasteiger partial charge in [0.25, 0.3) is 0 Å². The smallest absolute Gasteiger partial charge is 0.241 e. The number of fused-ring (bicyclic) bond motifs is 1. The average Bonchev–Trinajstić information content (AvgIpc) is 2.84. The van der Waals surface area contributed by atoms with Crippen molar-refractivity contribution in [2.24, 2.45) is 5.84 Å². The Morgan fingerprint density at radius 3 is 3.06 bits per heavy atom. The molecule has 8 nitrogen and oxygen atoms in total. The molecule has 0 aliphatic carbocycles. The topological polar surface area (TPSA) is 114 Å². The molecule has 98 valence electrons. The number of hydrogen-bond donors (Lipinski definition) is 4. The summed E-state index contributed by atoms with van der Waals surface area (Å²) in [6.45, 7) is 2.75. The van der Waals surface area contributed by atoms with E-state index in [9.17, 15) is 0 Å². The lowest BCUT2D eigenvalue weighted by Crippen LogP contribution is -2.19. The third kappa shape index (κ3) is 2.66. The summed E-state index contributed by atoms with van der Waals surface area (Å²) in [6, 6.07) is 0.226. The minimum atomic E-state index is 0.226. The van der Waals surface area contributed by atoms with Crippen LogP contribution >= 0.6 is 0 Å². The lowest BCUT2D eigenvalue weighted by atomic mass is 10.2. The number of aromatic amines is 1. The van der Waals surface area contributed by atoms with E-state index in [1.165, 1.54) is 0 Å². The summed E-state index contributed by atoms with van der Waals surface area (Å²) in [5.41, 5.74) is 3.07. The molecular weight excluding hydrogens is 234 g/mol. The molecule has 0 spiro atoms. The third-order valence-corrected chi connectivity index (χ3v) is 2.58. The summed E-state index contributed by atoms with van der Waals surface area (Å²) in [5, 5.41) is 10.9. The summed E-state index contributed by atoms with van der Waals surface area (Å²) in [7, 11) is 1.68. The van der Waals surface area contributed by atoms with Gasteiger partial charge < -0.3 is 10.1 Å². The predicted octanol–water partition coefficient (Wildman–Crippen LogP) is 0.475. The average molecular weight is 251 g/mol. The fourth-order valence-corrected chi connectivity index (χ4v) is 1.61. The Hall–Kier alpha value is -1.93. The molecule has 2 rings (SSSR count). The second kappa shape index (κ2) is 5.61. The minimum absolute atomic E-state index is 0.226. The van der Waals surface area contributed by atoms with Crippen LogP contribution in [0.5, 0.6) is 0 Å². The van der Waals surface area contributed by atoms with Crippen molar-refractivity contribution in [1.82, 2.24) is 20.2 Å². The van der Waals surface area contributed by atoms with Gasteiger partial charge >= 0.3 is 0 Å². The van der Waals surface area contributed by atoms with Crippen LogP contribution in [-0.2, 0) is 4.74 Å². The van der Waals surface area contributed by atoms with Gasteiger partial charge in [0.15, 0.2) is 5.65 Å². The predicted molar refractivity (Wildman–Crippen MR) is 69.1 cm³/mol. The first-order valence-electron chi connectivity index (χ1n) is 5.67. The van der Waals surface area contributed by atoms with Crippen LogP contribution in [0.1, 0.15) is 13.3 Å². The molecule has 0 aliphatic rings. The fourth-order valence-electron chi connectivity index (χ4n) is 1.61. The number of hydrazine groups is 1. The molecule has 0 bridgehead atoms. The number of H-pyrrole nitrogens is 1. The van der Waals surface area contributed by atoms with Crippen LogP contribution in [0.4, 0.5) is 11.8 Å². The van der Waals surface area contributed by atoms with E-state index in [0.717, 1.165) is 11.8 Å². The van der Waals surface area contributed by atoms with Crippen LogP contribution in [0.25, 0.3) is 11.0 Å². The van der Waals surface area contributed by atoms with E-state index in [0.29, 0.717) is 24.0 Å². The molecule has 2 aromatic heterocycles. The number of anilines is 2. The van der Waals surface area contributed by atoms with Crippen LogP contribution in [-0.4, -0.2) is 39.9 Å². The Bertz CT molecular complexity index is 512. The maximum atomic E-state index is 5.33. The molecular formula is C10H17N7O. The van der Waals surface area contributed by atoms with Crippen molar-refractivity contribution < 1.29 is 4.74 Å². The Kier molecular flexibility index (Phi) is 3.90. The highest BCUT2D eigenvalue weighted by Crippen LogP contribution is 2.20. The summed E-state index contributed by atoms with van der Waals surface area (Å²) >= 11 is 0. The normalized spacial score (nSPS) is 12.6. The molecule has 2 aromatic rings. The molecule has 5 N–H and O–H groups in total. The highest BCUT2D eigenvalue weighted by molar-refractivity contribution is 5.87. The molecule has 0 amide bonds. The quantitative estimate of drug-likeness (QED) is 0.436. The highest BCUT2D eigenvalue weighted by Gasteiger charge is 2.11. The van der Waals surface area contributed by atoms with E-state index in [-0.39, 0.29) is 6.04 Å². The van der Waals surface area contributed by atoms with Crippen molar-refractivity contribution in [2.75, 3.05) is 24.5 Å². The molecule has 0 aromatic carbocycles. The molecule has 0 radical (unpaired) electrons. The van der Waals surface area contributed by atoms with E-state index in [1.54, 1.807) is 13.3 Å². The van der Waals surface area contributed by atoms with E-state index >= 15 is 0 Å². The maximum Gasteiger partial charge on any atom is 0.241 e. The van der Waals surface area contributed by atoms with Gasteiger partial charge in [-0.25, -0.2) is 5.84 Å². The van der Waals surface area contributed by atoms with E-state index in [4.69, 9.17) is 10.6 Å². The van der Waals surface area contributed by atoms with E-state index in [1.807, 2.05) is 0 Å². The van der Waals surface area contributed by atoms with Crippen LogP contribution < -0.4 is 16.6 Å². The highest BCUT2D eigenvalue weighted by atomic mass is 16.5. The second-order valence-corrected chi connectivity index (χ2v) is 4.00. The number of rotatable bonds is 6. The number of hydrogen-bond acceptors (Lipinski definition) is 7. The van der Waals surface area contributed by atoms with Crippen molar-refractivity contribution >= 4 is 22.8 Å². The molecule has 18 heavy (non-hydrogen) atoms. The summed E-state index contributed by atoms with van der Waals surface area (Å²) in [6.07, 6.45) is 2.56. The number of nitrogens with zero attached hydrogens (tertiary/aromatic N) is 3. The fraction of sp³-hybridized carbons (Fsp3) is 0.500. The zero-order valence-electron chi connectivity index (χ0n) is 10.4. The van der Waals surface area contributed by atoms with Gasteiger partial charge in [0, 0.05) is 19.8 Å². The second-order valence-electron chi connectivity index (χ2n) is 4.00. The Morgan fingerprint density at radius 2 is 2.33 bits per heavy atom. The number of nitrogens with one attached hydrogen (secondary N) is 3. The number of aromatic nitrogens is 4. The maximum absolute atomic E-state index is 5.33. The summed E-state index contributed by atoms with van der Waals surface area (Å²) in [4.78, 5) is 8.43. The van der Waals surface area contributed by atoms with Crippen molar-refractivity contribution in [1.29, 1.82) is 0 Å². The molecule has 1 unspecified atom stereocenters. The zero-order valence-corrected chi connectivity index (χ0v) is 10.4. The van der Waals surface area contributed by atoms with Gasteiger partial charge in [0.2, 0.25) is 5.95 Å².